The van der Waals surface area contributed by atoms with Gasteiger partial charge in [-0.15, -0.1) is 0 Å². The van der Waals surface area contributed by atoms with Gasteiger partial charge in [0.25, 0.3) is 0 Å². The van der Waals surface area contributed by atoms with Crippen LogP contribution in [0.3, 0.4) is 0 Å². The second kappa shape index (κ2) is 5.13. The zero-order valence-corrected chi connectivity index (χ0v) is 8.94. The number of hydrogen-bond acceptors (Lipinski definition) is 2. The minimum absolute atomic E-state index is 0.378. The van der Waals surface area contributed by atoms with Crippen molar-refractivity contribution < 1.29 is 5.11 Å². The molecule has 0 amide bonds. The normalized spacial score (nSPS) is 27.5. The highest BCUT2D eigenvalue weighted by molar-refractivity contribution is 7.99. The van der Waals surface area contributed by atoms with Crippen LogP contribution >= 0.6 is 11.8 Å². The molecule has 0 aliphatic carbocycles. The van der Waals surface area contributed by atoms with E-state index in [2.05, 4.69) is 25.6 Å². The highest BCUT2D eigenvalue weighted by Gasteiger charge is 2.25. The summed E-state index contributed by atoms with van der Waals surface area (Å²) in [5.41, 5.74) is 0. The Bertz CT molecular complexity index is 119. The lowest BCUT2D eigenvalue weighted by Gasteiger charge is -2.31. The molecule has 0 radical (unpaired) electrons. The van der Waals surface area contributed by atoms with Gasteiger partial charge in [-0.3, -0.25) is 0 Å². The second-order valence-electron chi connectivity index (χ2n) is 4.07. The van der Waals surface area contributed by atoms with Crippen molar-refractivity contribution in [3.8, 4) is 0 Å². The van der Waals surface area contributed by atoms with E-state index in [4.69, 9.17) is 0 Å². The van der Waals surface area contributed by atoms with Gasteiger partial charge in [0.15, 0.2) is 0 Å². The largest absolute Gasteiger partial charge is 0.396 e. The molecule has 1 heterocycles. The zero-order valence-electron chi connectivity index (χ0n) is 8.12. The lowest BCUT2D eigenvalue weighted by molar-refractivity contribution is 0.138. The molecular formula is C10H20OS. The minimum Gasteiger partial charge on any atom is -0.396 e. The summed E-state index contributed by atoms with van der Waals surface area (Å²) in [6.07, 6.45) is 2.68. The first kappa shape index (κ1) is 10.4. The molecule has 1 aliphatic rings. The monoisotopic (exact) mass is 188 g/mol. The summed E-state index contributed by atoms with van der Waals surface area (Å²) >= 11 is 2.05. The molecule has 2 heteroatoms. The zero-order chi connectivity index (χ0) is 8.97. The minimum atomic E-state index is 0.378. The molecule has 12 heavy (non-hydrogen) atoms. The first-order chi connectivity index (χ1) is 5.75. The summed E-state index contributed by atoms with van der Waals surface area (Å²) in [4.78, 5) is 0. The van der Waals surface area contributed by atoms with E-state index >= 15 is 0 Å². The fraction of sp³-hybridized carbons (Fsp3) is 1.00. The first-order valence-corrected chi connectivity index (χ1v) is 6.09. The predicted molar refractivity (Wildman–Crippen MR) is 55.5 cm³/mol. The summed E-state index contributed by atoms with van der Waals surface area (Å²) in [6.45, 7) is 4.82. The number of aliphatic hydroxyl groups excluding tert-OH is 1. The van der Waals surface area contributed by atoms with Crippen molar-refractivity contribution in [2.75, 3.05) is 18.1 Å². The standard InChI is InChI=1S/C10H20OS/c1-8(2)10(6-11)9-4-3-5-12-7-9/h8-11H,3-7H2,1-2H3. The average Bonchev–Trinajstić information content (AvgIpc) is 2.07. The molecule has 2 atom stereocenters. The third-order valence-electron chi connectivity index (χ3n) is 2.87. The second-order valence-corrected chi connectivity index (χ2v) is 5.22. The van der Waals surface area contributed by atoms with E-state index in [0.29, 0.717) is 18.4 Å². The molecule has 1 saturated heterocycles. The molecule has 1 fully saturated rings. The van der Waals surface area contributed by atoms with Gasteiger partial charge in [-0.05, 0) is 42.1 Å². The van der Waals surface area contributed by atoms with E-state index in [-0.39, 0.29) is 0 Å². The van der Waals surface area contributed by atoms with Gasteiger partial charge in [0.1, 0.15) is 0 Å². The molecule has 1 aliphatic heterocycles. The maximum Gasteiger partial charge on any atom is 0.0464 e. The Morgan fingerprint density at radius 1 is 1.50 bits per heavy atom. The smallest absolute Gasteiger partial charge is 0.0464 e. The summed E-state index contributed by atoms with van der Waals surface area (Å²) in [5, 5.41) is 9.24. The van der Waals surface area contributed by atoms with Gasteiger partial charge in [0.2, 0.25) is 0 Å². The average molecular weight is 188 g/mol. The van der Waals surface area contributed by atoms with E-state index in [1.165, 1.54) is 24.3 Å². The fourth-order valence-corrected chi connectivity index (χ4v) is 3.26. The molecule has 0 saturated carbocycles. The van der Waals surface area contributed by atoms with Crippen LogP contribution in [0.1, 0.15) is 26.7 Å². The number of hydrogen-bond donors (Lipinski definition) is 1. The third kappa shape index (κ3) is 2.67. The molecule has 1 N–H and O–H groups in total. The van der Waals surface area contributed by atoms with Crippen molar-refractivity contribution in [2.45, 2.75) is 26.7 Å². The van der Waals surface area contributed by atoms with E-state index in [1.807, 2.05) is 0 Å². The van der Waals surface area contributed by atoms with Crippen LogP contribution in [0.15, 0.2) is 0 Å². The highest BCUT2D eigenvalue weighted by Crippen LogP contribution is 2.32. The highest BCUT2D eigenvalue weighted by atomic mass is 32.2. The van der Waals surface area contributed by atoms with Crippen molar-refractivity contribution in [1.29, 1.82) is 0 Å². The van der Waals surface area contributed by atoms with Crippen molar-refractivity contribution in [2.24, 2.45) is 17.8 Å². The molecule has 1 nitrogen and oxygen atoms in total. The van der Waals surface area contributed by atoms with Gasteiger partial charge < -0.3 is 5.11 Å². The summed E-state index contributed by atoms with van der Waals surface area (Å²) < 4.78 is 0. The van der Waals surface area contributed by atoms with Crippen LogP contribution in [-0.2, 0) is 0 Å². The van der Waals surface area contributed by atoms with Crippen molar-refractivity contribution in [3.05, 3.63) is 0 Å². The lowest BCUT2D eigenvalue weighted by atomic mass is 9.82. The maximum atomic E-state index is 9.24. The Kier molecular flexibility index (Phi) is 4.44. The third-order valence-corrected chi connectivity index (χ3v) is 4.11. The Balaban J connectivity index is 2.40. The van der Waals surface area contributed by atoms with Gasteiger partial charge in [-0.1, -0.05) is 13.8 Å². The summed E-state index contributed by atoms with van der Waals surface area (Å²) in [6, 6.07) is 0. The topological polar surface area (TPSA) is 20.2 Å². The molecule has 1 rings (SSSR count). The van der Waals surface area contributed by atoms with Gasteiger partial charge in [-0.25, -0.2) is 0 Å². The van der Waals surface area contributed by atoms with E-state index in [9.17, 15) is 5.11 Å². The first-order valence-electron chi connectivity index (χ1n) is 4.94. The van der Waals surface area contributed by atoms with Crippen LogP contribution in [0.2, 0.25) is 0 Å². The molecule has 2 unspecified atom stereocenters. The molecule has 0 aromatic carbocycles. The van der Waals surface area contributed by atoms with Crippen LogP contribution in [0, 0.1) is 17.8 Å². The van der Waals surface area contributed by atoms with Crippen LogP contribution in [-0.4, -0.2) is 23.2 Å². The molecule has 0 bridgehead atoms. The number of rotatable bonds is 3. The molecular weight excluding hydrogens is 168 g/mol. The van der Waals surface area contributed by atoms with Gasteiger partial charge in [0, 0.05) is 6.61 Å². The SMILES string of the molecule is CC(C)C(CO)C1CCCSC1. The van der Waals surface area contributed by atoms with Crippen molar-refractivity contribution >= 4 is 11.8 Å². The molecule has 0 aromatic rings. The maximum absolute atomic E-state index is 9.24. The summed E-state index contributed by atoms with van der Waals surface area (Å²) in [5.74, 6) is 4.54. The molecule has 72 valence electrons. The van der Waals surface area contributed by atoms with Crippen LogP contribution in [0.4, 0.5) is 0 Å². The number of thioether (sulfide) groups is 1. The molecule has 0 aromatic heterocycles. The Morgan fingerprint density at radius 2 is 2.25 bits per heavy atom. The predicted octanol–water partition coefficient (Wildman–Crippen LogP) is 2.39. The van der Waals surface area contributed by atoms with E-state index in [0.717, 1.165) is 5.92 Å². The van der Waals surface area contributed by atoms with Crippen LogP contribution < -0.4 is 0 Å². The Morgan fingerprint density at radius 3 is 2.67 bits per heavy atom. The van der Waals surface area contributed by atoms with E-state index in [1.54, 1.807) is 0 Å². The Hall–Kier alpha value is 0.310. The van der Waals surface area contributed by atoms with Crippen LogP contribution in [0.25, 0.3) is 0 Å². The van der Waals surface area contributed by atoms with Crippen molar-refractivity contribution in [1.82, 2.24) is 0 Å². The van der Waals surface area contributed by atoms with Gasteiger partial charge >= 0.3 is 0 Å². The number of aliphatic hydroxyl groups is 1. The lowest BCUT2D eigenvalue weighted by Crippen LogP contribution is -2.27. The quantitative estimate of drug-likeness (QED) is 0.734. The summed E-state index contributed by atoms with van der Waals surface area (Å²) in [7, 11) is 0. The Labute approximate surface area is 79.9 Å². The fourth-order valence-electron chi connectivity index (χ4n) is 2.01. The van der Waals surface area contributed by atoms with Crippen LogP contribution in [0.5, 0.6) is 0 Å². The van der Waals surface area contributed by atoms with Crippen molar-refractivity contribution in [3.63, 3.8) is 0 Å². The van der Waals surface area contributed by atoms with Gasteiger partial charge in [-0.2, -0.15) is 11.8 Å². The van der Waals surface area contributed by atoms with Gasteiger partial charge in [0.05, 0.1) is 0 Å². The van der Waals surface area contributed by atoms with E-state index < -0.39 is 0 Å². The molecule has 0 spiro atoms.